The highest BCUT2D eigenvalue weighted by molar-refractivity contribution is 7.10. The number of hydrogen-bond acceptors (Lipinski definition) is 4. The van der Waals surface area contributed by atoms with E-state index in [-0.39, 0.29) is 12.5 Å². The minimum absolute atomic E-state index is 0.0260. The molecule has 5 nitrogen and oxygen atoms in total. The van der Waals surface area contributed by atoms with E-state index in [4.69, 9.17) is 10.8 Å². The Morgan fingerprint density at radius 2 is 2.29 bits per heavy atom. The number of aliphatic hydroxyl groups excluding tert-OH is 1. The summed E-state index contributed by atoms with van der Waals surface area (Å²) in [7, 11) is 0. The molecule has 1 aromatic heterocycles. The molecule has 112 valence electrons. The molecule has 0 spiro atoms. The van der Waals surface area contributed by atoms with Crippen molar-refractivity contribution in [3.05, 3.63) is 21.9 Å². The van der Waals surface area contributed by atoms with Gasteiger partial charge in [-0.05, 0) is 25.3 Å². The molecule has 1 unspecified atom stereocenters. The molecule has 6 heteroatoms. The van der Waals surface area contributed by atoms with Crippen LogP contribution in [0.25, 0.3) is 0 Å². The monoisotopic (exact) mass is 306 g/mol. The number of hydrogen-bond donors (Lipinski definition) is 2. The van der Waals surface area contributed by atoms with Crippen LogP contribution >= 0.6 is 11.3 Å². The van der Waals surface area contributed by atoms with Crippen molar-refractivity contribution in [2.24, 2.45) is 5.73 Å². The highest BCUT2D eigenvalue weighted by atomic mass is 32.1. The molecule has 21 heavy (non-hydrogen) atoms. The molecule has 1 fully saturated rings. The highest BCUT2D eigenvalue weighted by Gasteiger charge is 2.31. The van der Waals surface area contributed by atoms with Gasteiger partial charge in [-0.2, -0.15) is 0 Å². The zero-order valence-corrected chi connectivity index (χ0v) is 12.5. The van der Waals surface area contributed by atoms with Gasteiger partial charge in [-0.15, -0.1) is 11.3 Å². The lowest BCUT2D eigenvalue weighted by atomic mass is 10.0. The Morgan fingerprint density at radius 1 is 1.48 bits per heavy atom. The van der Waals surface area contributed by atoms with Crippen molar-refractivity contribution in [3.8, 4) is 11.8 Å². The average molecular weight is 306 g/mol. The van der Waals surface area contributed by atoms with Crippen molar-refractivity contribution < 1.29 is 14.7 Å². The number of rotatable bonds is 3. The molecule has 2 heterocycles. The van der Waals surface area contributed by atoms with Gasteiger partial charge in [0.2, 0.25) is 5.91 Å². The van der Waals surface area contributed by atoms with E-state index in [1.165, 1.54) is 11.3 Å². The molecule has 1 atom stereocenters. The topological polar surface area (TPSA) is 83.6 Å². The summed E-state index contributed by atoms with van der Waals surface area (Å²) >= 11 is 1.38. The van der Waals surface area contributed by atoms with Crippen LogP contribution in [0.1, 0.15) is 40.9 Å². The van der Waals surface area contributed by atoms with Gasteiger partial charge in [0.15, 0.2) is 0 Å². The van der Waals surface area contributed by atoms with Gasteiger partial charge in [-0.25, -0.2) is 0 Å². The Labute approximate surface area is 127 Å². The van der Waals surface area contributed by atoms with Crippen LogP contribution in [-0.4, -0.2) is 41.0 Å². The molecule has 0 bridgehead atoms. The number of nitrogens with two attached hydrogens (primary N) is 1. The Morgan fingerprint density at radius 3 is 3.00 bits per heavy atom. The van der Waals surface area contributed by atoms with Crippen LogP contribution in [0.5, 0.6) is 0 Å². The van der Waals surface area contributed by atoms with E-state index >= 15 is 0 Å². The maximum Gasteiger partial charge on any atom is 0.255 e. The summed E-state index contributed by atoms with van der Waals surface area (Å²) in [5.41, 5.74) is 5.93. The minimum Gasteiger partial charge on any atom is -0.395 e. The summed E-state index contributed by atoms with van der Waals surface area (Å²) in [6.07, 6.45) is 2.85. The predicted octanol–water partition coefficient (Wildman–Crippen LogP) is 0.962. The quantitative estimate of drug-likeness (QED) is 0.816. The predicted molar refractivity (Wildman–Crippen MR) is 80.8 cm³/mol. The number of aliphatic hydroxyl groups is 1. The third-order valence-corrected chi connectivity index (χ3v) is 4.23. The van der Waals surface area contributed by atoms with Crippen molar-refractivity contribution in [1.82, 2.24) is 4.90 Å². The van der Waals surface area contributed by atoms with Crippen molar-refractivity contribution >= 4 is 23.2 Å². The van der Waals surface area contributed by atoms with Gasteiger partial charge in [0.05, 0.1) is 17.0 Å². The summed E-state index contributed by atoms with van der Waals surface area (Å²) in [4.78, 5) is 26.3. The molecular formula is C15H18N2O3S. The first-order valence-electron chi connectivity index (χ1n) is 6.92. The summed E-state index contributed by atoms with van der Waals surface area (Å²) in [6.45, 7) is 0.589. The number of carbonyl (C=O) groups excluding carboxylic acids is 2. The number of carbonyl (C=O) groups is 2. The third-order valence-electron chi connectivity index (χ3n) is 3.39. The fraction of sp³-hybridized carbons (Fsp3) is 0.467. The molecule has 0 aromatic carbocycles. The van der Waals surface area contributed by atoms with Gasteiger partial charge in [0.25, 0.3) is 5.91 Å². The van der Waals surface area contributed by atoms with Crippen molar-refractivity contribution in [2.75, 3.05) is 13.2 Å². The maximum atomic E-state index is 12.5. The SMILES string of the molecule is NC(=O)C1CCCCN1C(=O)c1csc(C#CCCO)c1. The summed E-state index contributed by atoms with van der Waals surface area (Å²) in [5, 5.41) is 10.4. The van der Waals surface area contributed by atoms with E-state index in [0.717, 1.165) is 17.7 Å². The van der Waals surface area contributed by atoms with Crippen molar-refractivity contribution in [2.45, 2.75) is 31.7 Å². The average Bonchev–Trinajstić information content (AvgIpc) is 2.95. The summed E-state index contributed by atoms with van der Waals surface area (Å²) in [6, 6.07) is 1.22. The largest absolute Gasteiger partial charge is 0.395 e. The zero-order valence-electron chi connectivity index (χ0n) is 11.7. The first kappa shape index (κ1) is 15.5. The zero-order chi connectivity index (χ0) is 15.2. The fourth-order valence-electron chi connectivity index (χ4n) is 2.36. The number of piperidine rings is 1. The van der Waals surface area contributed by atoms with Gasteiger partial charge >= 0.3 is 0 Å². The Kier molecular flexibility index (Phi) is 5.37. The molecule has 1 saturated heterocycles. The molecule has 1 aliphatic rings. The second-order valence-electron chi connectivity index (χ2n) is 4.89. The summed E-state index contributed by atoms with van der Waals surface area (Å²) < 4.78 is 0. The van der Waals surface area contributed by atoms with Gasteiger partial charge < -0.3 is 15.7 Å². The molecule has 3 N–H and O–H groups in total. The van der Waals surface area contributed by atoms with E-state index in [1.54, 1.807) is 16.3 Å². The molecule has 1 aliphatic heterocycles. The lowest BCUT2D eigenvalue weighted by molar-refractivity contribution is -0.123. The van der Waals surface area contributed by atoms with Gasteiger partial charge in [-0.1, -0.05) is 11.8 Å². The van der Waals surface area contributed by atoms with Crippen LogP contribution < -0.4 is 5.73 Å². The number of thiophene rings is 1. The van der Waals surface area contributed by atoms with Gasteiger partial charge in [-0.3, -0.25) is 9.59 Å². The summed E-state index contributed by atoms with van der Waals surface area (Å²) in [5.74, 6) is 5.12. The second kappa shape index (κ2) is 7.25. The number of likely N-dealkylation sites (tertiary alicyclic amines) is 1. The maximum absolute atomic E-state index is 12.5. The number of nitrogens with zero attached hydrogens (tertiary/aromatic N) is 1. The van der Waals surface area contributed by atoms with Crippen LogP contribution in [0.15, 0.2) is 11.4 Å². The third kappa shape index (κ3) is 3.84. The lowest BCUT2D eigenvalue weighted by Gasteiger charge is -2.33. The van der Waals surface area contributed by atoms with E-state index < -0.39 is 11.9 Å². The highest BCUT2D eigenvalue weighted by Crippen LogP contribution is 2.22. The van der Waals surface area contributed by atoms with Crippen molar-refractivity contribution in [1.29, 1.82) is 0 Å². The lowest BCUT2D eigenvalue weighted by Crippen LogP contribution is -2.50. The smallest absolute Gasteiger partial charge is 0.255 e. The van der Waals surface area contributed by atoms with Crippen LogP contribution in [-0.2, 0) is 4.79 Å². The molecular weight excluding hydrogens is 288 g/mol. The molecule has 2 rings (SSSR count). The van der Waals surface area contributed by atoms with E-state index in [0.29, 0.717) is 24.9 Å². The molecule has 1 aromatic rings. The van der Waals surface area contributed by atoms with Crippen LogP contribution in [0.4, 0.5) is 0 Å². The standard InChI is InChI=1S/C15H18N2O3S/c16-14(19)13-6-1-3-7-17(13)15(20)11-9-12(21-10-11)5-2-4-8-18/h9-10,13,18H,1,3-4,6-8H2,(H2,16,19). The number of amides is 2. The van der Waals surface area contributed by atoms with E-state index in [2.05, 4.69) is 11.8 Å². The minimum atomic E-state index is -0.505. The molecule has 0 radical (unpaired) electrons. The Balaban J connectivity index is 2.12. The number of primary amides is 1. The fourth-order valence-corrected chi connectivity index (χ4v) is 3.10. The Hall–Kier alpha value is -1.84. The normalized spacial score (nSPS) is 18.0. The van der Waals surface area contributed by atoms with Crippen LogP contribution in [0.3, 0.4) is 0 Å². The molecule has 0 aliphatic carbocycles. The van der Waals surface area contributed by atoms with Crippen LogP contribution in [0, 0.1) is 11.8 Å². The Bertz CT molecular complexity index is 585. The first-order valence-corrected chi connectivity index (χ1v) is 7.80. The van der Waals surface area contributed by atoms with E-state index in [1.807, 2.05) is 0 Å². The van der Waals surface area contributed by atoms with E-state index in [9.17, 15) is 9.59 Å². The molecule has 0 saturated carbocycles. The van der Waals surface area contributed by atoms with Crippen LogP contribution in [0.2, 0.25) is 0 Å². The molecule has 2 amide bonds. The first-order chi connectivity index (χ1) is 10.1. The van der Waals surface area contributed by atoms with Crippen molar-refractivity contribution in [3.63, 3.8) is 0 Å². The second-order valence-corrected chi connectivity index (χ2v) is 5.80. The van der Waals surface area contributed by atoms with Gasteiger partial charge in [0, 0.05) is 18.3 Å². The van der Waals surface area contributed by atoms with Gasteiger partial charge in [0.1, 0.15) is 6.04 Å².